The molecule has 0 aliphatic carbocycles. The maximum atomic E-state index is 13.9. The average Bonchev–Trinajstić information content (AvgIpc) is 3.02. The molecule has 0 amide bonds. The first-order valence-electron chi connectivity index (χ1n) is 13.6. The summed E-state index contributed by atoms with van der Waals surface area (Å²) >= 11 is 0. The van der Waals surface area contributed by atoms with E-state index in [4.69, 9.17) is 0 Å². The van der Waals surface area contributed by atoms with Gasteiger partial charge in [0.05, 0.1) is 5.56 Å². The summed E-state index contributed by atoms with van der Waals surface area (Å²) in [5.41, 5.74) is 4.13. The van der Waals surface area contributed by atoms with Crippen molar-refractivity contribution in [2.45, 2.75) is 20.0 Å². The molecule has 0 N–H and O–H groups in total. The molecule has 0 fully saturated rings. The van der Waals surface area contributed by atoms with Gasteiger partial charge in [0.15, 0.2) is 0 Å². The number of nitrogens with zero attached hydrogens (tertiary/aromatic N) is 2. The summed E-state index contributed by atoms with van der Waals surface area (Å²) in [7, 11) is 0. The molecule has 8 aromatic rings. The molecular weight excluding hydrogens is 722 g/mol. The van der Waals surface area contributed by atoms with Crippen molar-refractivity contribution < 1.29 is 33.3 Å². The van der Waals surface area contributed by atoms with Crippen LogP contribution in [-0.2, 0) is 26.3 Å². The van der Waals surface area contributed by atoms with Gasteiger partial charge in [0.1, 0.15) is 0 Å². The smallest absolute Gasteiger partial charge is 0.305 e. The fraction of sp³-hybridized carbons (Fsp3) is 0.0811. The number of aromatic nitrogens is 2. The van der Waals surface area contributed by atoms with E-state index in [0.717, 1.165) is 65.6 Å². The summed E-state index contributed by atoms with van der Waals surface area (Å²) in [4.78, 5) is 8.87. The average molecular weight is 745 g/mol. The molecule has 8 rings (SSSR count). The summed E-state index contributed by atoms with van der Waals surface area (Å²) < 4.78 is 41.6. The first kappa shape index (κ1) is 28.7. The van der Waals surface area contributed by atoms with Crippen LogP contribution in [0.1, 0.15) is 16.7 Å². The molecule has 2 nitrogen and oxygen atoms in total. The molecule has 1 radical (unpaired) electrons. The standard InChI is InChI=1S/C26H15F3N.C11H8N.Ir/c1-13-9-19-21-12-15(26(27,28)29)11-20-17-6-4-3-5-16(17)18-7-8-30-25(24(18)23(20)21)22(19)10-14(13)2;1-2-6-10(7-3-1)11-8-4-5-9-12-11;/h3-9,11-12H,1-2H3;1-6,8-9H;/q2*-1;. The second kappa shape index (κ2) is 11.0. The van der Waals surface area contributed by atoms with Gasteiger partial charge in [0.2, 0.25) is 0 Å². The van der Waals surface area contributed by atoms with Crippen LogP contribution in [0.5, 0.6) is 0 Å². The van der Waals surface area contributed by atoms with Crippen LogP contribution in [0.3, 0.4) is 0 Å². The first-order chi connectivity index (χ1) is 20.3. The maximum absolute atomic E-state index is 13.9. The van der Waals surface area contributed by atoms with Gasteiger partial charge in [-0.3, -0.25) is 0 Å². The second-order valence-corrected chi connectivity index (χ2v) is 10.4. The molecule has 0 saturated heterocycles. The van der Waals surface area contributed by atoms with Gasteiger partial charge in [-0.1, -0.05) is 67.1 Å². The number of benzene rings is 6. The van der Waals surface area contributed by atoms with E-state index in [2.05, 4.69) is 22.1 Å². The van der Waals surface area contributed by atoms with Crippen molar-refractivity contribution in [1.82, 2.24) is 9.97 Å². The molecule has 0 aliphatic heterocycles. The first-order valence-corrected chi connectivity index (χ1v) is 13.6. The van der Waals surface area contributed by atoms with Crippen molar-refractivity contribution in [3.63, 3.8) is 0 Å². The molecule has 2 aromatic heterocycles. The van der Waals surface area contributed by atoms with Crippen LogP contribution < -0.4 is 0 Å². The molecule has 0 spiro atoms. The summed E-state index contributed by atoms with van der Waals surface area (Å²) in [5, 5.41) is 7.24. The SMILES string of the molecule is Cc1[c-]c2c(cc1C)c1cc(C(F)(F)F)cc3c4ccccc4c4ccnc2c4c13.[Ir].[c-]1ccccc1-c1ccccn1. The largest absolute Gasteiger partial charge is 0.416 e. The molecule has 0 bridgehead atoms. The van der Waals surface area contributed by atoms with Gasteiger partial charge in [-0.2, -0.15) is 13.2 Å². The fourth-order valence-electron chi connectivity index (χ4n) is 5.81. The number of aryl methyl sites for hydroxylation is 2. The Labute approximate surface area is 259 Å². The van der Waals surface area contributed by atoms with E-state index in [-0.39, 0.29) is 20.1 Å². The van der Waals surface area contributed by atoms with E-state index in [9.17, 15) is 13.2 Å². The Kier molecular flexibility index (Phi) is 7.37. The Morgan fingerprint density at radius 3 is 2.02 bits per heavy atom. The molecule has 6 aromatic carbocycles. The minimum absolute atomic E-state index is 0. The molecule has 0 unspecified atom stereocenters. The van der Waals surface area contributed by atoms with Crippen LogP contribution in [0.4, 0.5) is 13.2 Å². The molecule has 0 saturated carbocycles. The summed E-state index contributed by atoms with van der Waals surface area (Å²) in [6.07, 6.45) is -0.867. The second-order valence-electron chi connectivity index (χ2n) is 10.4. The Bertz CT molecular complexity index is 2210. The zero-order valence-corrected chi connectivity index (χ0v) is 25.6. The third-order valence-corrected chi connectivity index (χ3v) is 7.89. The van der Waals surface area contributed by atoms with Crippen LogP contribution in [-0.4, -0.2) is 9.97 Å². The zero-order valence-electron chi connectivity index (χ0n) is 23.2. The molecule has 213 valence electrons. The van der Waals surface area contributed by atoms with E-state index in [0.29, 0.717) is 10.8 Å². The predicted molar refractivity (Wildman–Crippen MR) is 165 cm³/mol. The van der Waals surface area contributed by atoms with Crippen LogP contribution >= 0.6 is 0 Å². The van der Waals surface area contributed by atoms with Gasteiger partial charge < -0.3 is 9.97 Å². The monoisotopic (exact) mass is 745 g/mol. The Hall–Kier alpha value is -4.38. The van der Waals surface area contributed by atoms with Crippen molar-refractivity contribution in [1.29, 1.82) is 0 Å². The number of halogens is 3. The van der Waals surface area contributed by atoms with Crippen molar-refractivity contribution >= 4 is 54.0 Å². The van der Waals surface area contributed by atoms with Crippen molar-refractivity contribution in [3.05, 3.63) is 132 Å². The topological polar surface area (TPSA) is 25.8 Å². The summed E-state index contributed by atoms with van der Waals surface area (Å²) in [5.74, 6) is 0. The normalized spacial score (nSPS) is 11.7. The van der Waals surface area contributed by atoms with Gasteiger partial charge in [0.25, 0.3) is 0 Å². The molecule has 0 atom stereocenters. The Balaban J connectivity index is 0.000000213. The molecule has 2 heterocycles. The Morgan fingerprint density at radius 2 is 1.35 bits per heavy atom. The van der Waals surface area contributed by atoms with Crippen molar-refractivity contribution in [2.24, 2.45) is 0 Å². The number of hydrogen-bond acceptors (Lipinski definition) is 2. The third kappa shape index (κ3) is 4.91. The molecule has 43 heavy (non-hydrogen) atoms. The summed E-state index contributed by atoms with van der Waals surface area (Å²) in [6, 6.07) is 34.4. The molecular formula is C37H23F3IrN2-2. The van der Waals surface area contributed by atoms with Gasteiger partial charge in [-0.25, -0.2) is 0 Å². The zero-order chi connectivity index (χ0) is 29.0. The van der Waals surface area contributed by atoms with Gasteiger partial charge in [-0.05, 0) is 61.7 Å². The predicted octanol–water partition coefficient (Wildman–Crippen LogP) is 10.3. The van der Waals surface area contributed by atoms with Gasteiger partial charge >= 0.3 is 6.18 Å². The van der Waals surface area contributed by atoms with Crippen LogP contribution in [0.2, 0.25) is 0 Å². The fourth-order valence-corrected chi connectivity index (χ4v) is 5.81. The Morgan fingerprint density at radius 1 is 0.651 bits per heavy atom. The van der Waals surface area contributed by atoms with Crippen LogP contribution in [0.25, 0.3) is 65.3 Å². The third-order valence-electron chi connectivity index (χ3n) is 7.89. The van der Waals surface area contributed by atoms with E-state index in [1.165, 1.54) is 12.1 Å². The van der Waals surface area contributed by atoms with Gasteiger partial charge in [-0.15, -0.1) is 64.5 Å². The van der Waals surface area contributed by atoms with Crippen molar-refractivity contribution in [3.8, 4) is 11.3 Å². The maximum Gasteiger partial charge on any atom is 0.416 e. The number of pyridine rings is 2. The van der Waals surface area contributed by atoms with Crippen LogP contribution in [0, 0.1) is 26.0 Å². The number of hydrogen-bond donors (Lipinski definition) is 0. The van der Waals surface area contributed by atoms with Gasteiger partial charge in [0, 0.05) is 32.5 Å². The molecule has 6 heteroatoms. The quantitative estimate of drug-likeness (QED) is 0.0951. The van der Waals surface area contributed by atoms with E-state index in [1.54, 1.807) is 12.4 Å². The molecule has 0 aliphatic rings. The van der Waals surface area contributed by atoms with E-state index < -0.39 is 11.7 Å². The number of fused-ring (bicyclic) bond motifs is 6. The van der Waals surface area contributed by atoms with Crippen molar-refractivity contribution in [2.75, 3.05) is 0 Å². The van der Waals surface area contributed by atoms with E-state index >= 15 is 0 Å². The minimum Gasteiger partial charge on any atom is -0.305 e. The number of alkyl halides is 3. The minimum atomic E-state index is -4.43. The number of rotatable bonds is 1. The van der Waals surface area contributed by atoms with Crippen LogP contribution in [0.15, 0.2) is 103 Å². The summed E-state index contributed by atoms with van der Waals surface area (Å²) in [6.45, 7) is 3.92. The van der Waals surface area contributed by atoms with E-state index in [1.807, 2.05) is 92.7 Å².